The van der Waals surface area contributed by atoms with Crippen LogP contribution in [0.4, 0.5) is 0 Å². The fourth-order valence-corrected chi connectivity index (χ4v) is 2.63. The Bertz CT molecular complexity index is 269. The Morgan fingerprint density at radius 1 is 0.857 bits per heavy atom. The van der Waals surface area contributed by atoms with Crippen molar-refractivity contribution in [2.24, 2.45) is 0 Å². The number of unbranched alkanes of at least 4 members (excludes halogenated alkanes) is 8. The first-order chi connectivity index (χ1) is 10.0. The summed E-state index contributed by atoms with van der Waals surface area (Å²) in [6.45, 7) is 6.93. The quantitative estimate of drug-likeness (QED) is 0.335. The molecule has 0 aromatic carbocycles. The van der Waals surface area contributed by atoms with E-state index in [4.69, 9.17) is 9.26 Å². The van der Waals surface area contributed by atoms with E-state index < -0.39 is 7.60 Å². The molecule has 1 atom stereocenters. The Kier molecular flexibility index (Phi) is 13.8. The van der Waals surface area contributed by atoms with Gasteiger partial charge < -0.3 is 14.2 Å². The van der Waals surface area contributed by atoms with Crippen molar-refractivity contribution in [3.63, 3.8) is 0 Å². The van der Waals surface area contributed by atoms with Gasteiger partial charge in [0, 0.05) is 6.61 Å². The lowest BCUT2D eigenvalue weighted by Crippen LogP contribution is -2.08. The molecule has 21 heavy (non-hydrogen) atoms. The van der Waals surface area contributed by atoms with Crippen LogP contribution in [0.25, 0.3) is 0 Å². The molecule has 0 aromatic heterocycles. The standard InChI is InChI=1S/C16H35O4P/c1-4-5-6-7-8-9-10-11-12-13-19-14-15-20-21(17,18)16(2)3/h16H,4-15H2,1-3H3,(H,17,18). The summed E-state index contributed by atoms with van der Waals surface area (Å²) in [7, 11) is -3.43. The number of hydrogen-bond donors (Lipinski definition) is 1. The first-order valence-corrected chi connectivity index (χ1v) is 10.2. The molecule has 0 aromatic rings. The molecule has 0 radical (unpaired) electrons. The Morgan fingerprint density at radius 3 is 1.90 bits per heavy atom. The molecule has 0 saturated carbocycles. The summed E-state index contributed by atoms with van der Waals surface area (Å²) in [6.07, 6.45) is 11.7. The summed E-state index contributed by atoms with van der Waals surface area (Å²) in [6, 6.07) is 0. The second-order valence-electron chi connectivity index (χ2n) is 5.93. The van der Waals surface area contributed by atoms with Crippen molar-refractivity contribution in [1.82, 2.24) is 0 Å². The fourth-order valence-electron chi connectivity index (χ4n) is 1.99. The summed E-state index contributed by atoms with van der Waals surface area (Å²) in [5.41, 5.74) is -0.352. The number of ether oxygens (including phenoxy) is 1. The van der Waals surface area contributed by atoms with Gasteiger partial charge in [0.1, 0.15) is 0 Å². The maximum atomic E-state index is 11.5. The van der Waals surface area contributed by atoms with Crippen LogP contribution in [0.1, 0.15) is 78.6 Å². The molecule has 1 N–H and O–H groups in total. The Morgan fingerprint density at radius 2 is 1.38 bits per heavy atom. The molecule has 0 spiro atoms. The van der Waals surface area contributed by atoms with Gasteiger partial charge in [0.05, 0.1) is 18.9 Å². The molecular weight excluding hydrogens is 287 g/mol. The van der Waals surface area contributed by atoms with Gasteiger partial charge in [-0.2, -0.15) is 0 Å². The highest BCUT2D eigenvalue weighted by Crippen LogP contribution is 2.46. The molecule has 128 valence electrons. The van der Waals surface area contributed by atoms with Crippen LogP contribution in [-0.2, 0) is 13.8 Å². The second-order valence-corrected chi connectivity index (χ2v) is 8.35. The number of rotatable bonds is 15. The minimum absolute atomic E-state index is 0.198. The van der Waals surface area contributed by atoms with Crippen LogP contribution in [0.2, 0.25) is 0 Å². The van der Waals surface area contributed by atoms with Gasteiger partial charge in [0.25, 0.3) is 0 Å². The Labute approximate surface area is 131 Å². The highest BCUT2D eigenvalue weighted by molar-refractivity contribution is 7.53. The lowest BCUT2D eigenvalue weighted by molar-refractivity contribution is 0.0918. The van der Waals surface area contributed by atoms with Gasteiger partial charge in [-0.15, -0.1) is 0 Å². The van der Waals surface area contributed by atoms with E-state index in [2.05, 4.69) is 6.92 Å². The summed E-state index contributed by atoms with van der Waals surface area (Å²) in [5.74, 6) is 0. The highest BCUT2D eigenvalue weighted by Gasteiger charge is 2.23. The van der Waals surface area contributed by atoms with Gasteiger partial charge >= 0.3 is 7.60 Å². The molecule has 0 bridgehead atoms. The first kappa shape index (κ1) is 21.1. The van der Waals surface area contributed by atoms with E-state index in [0.717, 1.165) is 13.0 Å². The molecule has 0 aliphatic rings. The predicted molar refractivity (Wildman–Crippen MR) is 89.0 cm³/mol. The minimum Gasteiger partial charge on any atom is -0.379 e. The van der Waals surface area contributed by atoms with Crippen molar-refractivity contribution >= 4 is 7.60 Å². The molecule has 0 saturated heterocycles. The minimum atomic E-state index is -3.43. The average molecular weight is 322 g/mol. The van der Waals surface area contributed by atoms with Crippen LogP contribution in [0.15, 0.2) is 0 Å². The van der Waals surface area contributed by atoms with Crippen LogP contribution in [-0.4, -0.2) is 30.4 Å². The van der Waals surface area contributed by atoms with Crippen LogP contribution in [0, 0.1) is 0 Å². The lowest BCUT2D eigenvalue weighted by atomic mass is 10.1. The van der Waals surface area contributed by atoms with Gasteiger partial charge in [-0.1, -0.05) is 72.1 Å². The molecule has 0 aliphatic carbocycles. The molecule has 0 rings (SSSR count). The van der Waals surface area contributed by atoms with E-state index in [1.807, 2.05) is 0 Å². The molecule has 5 heteroatoms. The first-order valence-electron chi connectivity index (χ1n) is 8.55. The second kappa shape index (κ2) is 13.8. The van der Waals surface area contributed by atoms with Crippen molar-refractivity contribution in [2.75, 3.05) is 19.8 Å². The predicted octanol–water partition coefficient (Wildman–Crippen LogP) is 5.14. The van der Waals surface area contributed by atoms with E-state index in [1.165, 1.54) is 51.4 Å². The van der Waals surface area contributed by atoms with E-state index >= 15 is 0 Å². The highest BCUT2D eigenvalue weighted by atomic mass is 31.2. The van der Waals surface area contributed by atoms with Crippen LogP contribution in [0.3, 0.4) is 0 Å². The summed E-state index contributed by atoms with van der Waals surface area (Å²) < 4.78 is 21.9. The molecule has 0 amide bonds. The van der Waals surface area contributed by atoms with Crippen molar-refractivity contribution in [1.29, 1.82) is 0 Å². The van der Waals surface area contributed by atoms with E-state index in [9.17, 15) is 9.46 Å². The zero-order valence-corrected chi connectivity index (χ0v) is 15.1. The fraction of sp³-hybridized carbons (Fsp3) is 1.00. The van der Waals surface area contributed by atoms with Crippen LogP contribution in [0.5, 0.6) is 0 Å². The van der Waals surface area contributed by atoms with Crippen molar-refractivity contribution in [3.8, 4) is 0 Å². The summed E-state index contributed by atoms with van der Waals surface area (Å²) in [4.78, 5) is 9.45. The maximum absolute atomic E-state index is 11.5. The lowest BCUT2D eigenvalue weighted by Gasteiger charge is -2.15. The third kappa shape index (κ3) is 13.5. The van der Waals surface area contributed by atoms with E-state index in [1.54, 1.807) is 13.8 Å². The van der Waals surface area contributed by atoms with E-state index in [-0.39, 0.29) is 12.3 Å². The molecular formula is C16H35O4P. The van der Waals surface area contributed by atoms with Gasteiger partial charge in [-0.3, -0.25) is 4.57 Å². The van der Waals surface area contributed by atoms with Crippen LogP contribution < -0.4 is 0 Å². The molecule has 1 unspecified atom stereocenters. The number of hydrogen-bond acceptors (Lipinski definition) is 3. The van der Waals surface area contributed by atoms with Crippen molar-refractivity contribution in [3.05, 3.63) is 0 Å². The molecule has 4 nitrogen and oxygen atoms in total. The normalized spacial score (nSPS) is 14.5. The van der Waals surface area contributed by atoms with Gasteiger partial charge in [-0.05, 0) is 6.42 Å². The molecule has 0 heterocycles. The smallest absolute Gasteiger partial charge is 0.330 e. The third-order valence-electron chi connectivity index (χ3n) is 3.55. The zero-order valence-electron chi connectivity index (χ0n) is 14.2. The van der Waals surface area contributed by atoms with Gasteiger partial charge in [0.2, 0.25) is 0 Å². The summed E-state index contributed by atoms with van der Waals surface area (Å²) in [5, 5.41) is 0. The molecule has 0 aliphatic heterocycles. The van der Waals surface area contributed by atoms with Crippen molar-refractivity contribution in [2.45, 2.75) is 84.2 Å². The van der Waals surface area contributed by atoms with Gasteiger partial charge in [-0.25, -0.2) is 0 Å². The largest absolute Gasteiger partial charge is 0.379 e. The molecule has 0 fully saturated rings. The monoisotopic (exact) mass is 322 g/mol. The van der Waals surface area contributed by atoms with Crippen LogP contribution >= 0.6 is 7.60 Å². The topological polar surface area (TPSA) is 55.8 Å². The zero-order chi connectivity index (χ0) is 16.0. The third-order valence-corrected chi connectivity index (χ3v) is 5.41. The maximum Gasteiger partial charge on any atom is 0.330 e. The van der Waals surface area contributed by atoms with Gasteiger partial charge in [0.15, 0.2) is 0 Å². The average Bonchev–Trinajstić information content (AvgIpc) is 2.43. The van der Waals surface area contributed by atoms with Crippen molar-refractivity contribution < 1.29 is 18.7 Å². The SMILES string of the molecule is CCCCCCCCCCCOCCOP(=O)(O)C(C)C. The Balaban J connectivity index is 3.18. The van der Waals surface area contributed by atoms with E-state index in [0.29, 0.717) is 6.61 Å². The summed E-state index contributed by atoms with van der Waals surface area (Å²) >= 11 is 0. The Hall–Kier alpha value is 0.110.